The van der Waals surface area contributed by atoms with Gasteiger partial charge in [0.15, 0.2) is 23.4 Å². The molecule has 0 bridgehead atoms. The molecule has 1 aromatic heterocycles. The van der Waals surface area contributed by atoms with E-state index in [2.05, 4.69) is 20.8 Å². The number of nitrogens with zero attached hydrogens (tertiary/aromatic N) is 2. The Kier molecular flexibility index (Phi) is 5.37. The van der Waals surface area contributed by atoms with Crippen LogP contribution < -0.4 is 20.1 Å². The van der Waals surface area contributed by atoms with Crippen LogP contribution in [0, 0.1) is 0 Å². The van der Waals surface area contributed by atoms with Crippen molar-refractivity contribution in [3.8, 4) is 11.5 Å². The second-order valence-corrected chi connectivity index (χ2v) is 6.09. The van der Waals surface area contributed by atoms with Gasteiger partial charge in [0.1, 0.15) is 6.61 Å². The number of amides is 2. The molecular weight excluding hydrogens is 324 g/mol. The van der Waals surface area contributed by atoms with Gasteiger partial charge in [-0.1, -0.05) is 31.1 Å². The summed E-state index contributed by atoms with van der Waals surface area (Å²) in [5.74, 6) is 2.83. The molecule has 8 heteroatoms. The first kappa shape index (κ1) is 17.1. The molecule has 1 aliphatic heterocycles. The van der Waals surface area contributed by atoms with Crippen molar-refractivity contribution in [1.82, 2.24) is 20.8 Å². The molecule has 1 atom stereocenters. The zero-order valence-corrected chi connectivity index (χ0v) is 14.3. The van der Waals surface area contributed by atoms with E-state index in [1.165, 1.54) is 0 Å². The molecule has 0 saturated carbocycles. The fourth-order valence-electron chi connectivity index (χ4n) is 2.32. The highest BCUT2D eigenvalue weighted by atomic mass is 16.6. The van der Waals surface area contributed by atoms with Gasteiger partial charge in [-0.15, -0.1) is 0 Å². The highest BCUT2D eigenvalue weighted by Gasteiger charge is 2.21. The van der Waals surface area contributed by atoms with Gasteiger partial charge in [-0.05, 0) is 12.1 Å². The van der Waals surface area contributed by atoms with Crippen LogP contribution in [-0.4, -0.2) is 42.0 Å². The third-order valence-electron chi connectivity index (χ3n) is 3.68. The maximum atomic E-state index is 11.8. The molecule has 25 heavy (non-hydrogen) atoms. The molecule has 1 aromatic carbocycles. The number of hydrogen-bond donors (Lipinski definition) is 2. The maximum Gasteiger partial charge on any atom is 0.314 e. The molecule has 2 aromatic rings. The van der Waals surface area contributed by atoms with Gasteiger partial charge in [0, 0.05) is 18.9 Å². The van der Waals surface area contributed by atoms with Crippen molar-refractivity contribution in [3.63, 3.8) is 0 Å². The van der Waals surface area contributed by atoms with Crippen LogP contribution in [0.4, 0.5) is 4.79 Å². The zero-order chi connectivity index (χ0) is 17.6. The van der Waals surface area contributed by atoms with Crippen molar-refractivity contribution in [2.24, 2.45) is 0 Å². The lowest BCUT2D eigenvalue weighted by molar-refractivity contribution is 0.0918. The van der Waals surface area contributed by atoms with Crippen molar-refractivity contribution >= 4 is 6.03 Å². The van der Waals surface area contributed by atoms with Crippen LogP contribution in [0.3, 0.4) is 0 Å². The van der Waals surface area contributed by atoms with Gasteiger partial charge in [-0.2, -0.15) is 4.98 Å². The number of urea groups is 1. The summed E-state index contributed by atoms with van der Waals surface area (Å²) >= 11 is 0. The number of nitrogens with one attached hydrogen (secondary N) is 2. The molecule has 0 fully saturated rings. The van der Waals surface area contributed by atoms with Gasteiger partial charge >= 0.3 is 6.03 Å². The summed E-state index contributed by atoms with van der Waals surface area (Å²) in [7, 11) is 0. The fourth-order valence-corrected chi connectivity index (χ4v) is 2.32. The molecule has 3 rings (SSSR count). The van der Waals surface area contributed by atoms with Crippen molar-refractivity contribution in [2.45, 2.75) is 32.3 Å². The standard InChI is InChI=1S/C17H22N4O4/c1-11(2)16-20-15(25-21-16)7-8-18-17(22)19-9-12-10-23-13-5-3-4-6-14(13)24-12/h3-6,11-12H,7-10H2,1-2H3,(H2,18,19,22)/t12-/m1/s1. The highest BCUT2D eigenvalue weighted by molar-refractivity contribution is 5.73. The summed E-state index contributed by atoms with van der Waals surface area (Å²) in [5.41, 5.74) is 0. The first-order valence-corrected chi connectivity index (χ1v) is 8.34. The largest absolute Gasteiger partial charge is 0.486 e. The lowest BCUT2D eigenvalue weighted by Gasteiger charge is -2.26. The minimum Gasteiger partial charge on any atom is -0.486 e. The summed E-state index contributed by atoms with van der Waals surface area (Å²) < 4.78 is 16.5. The fraction of sp³-hybridized carbons (Fsp3) is 0.471. The molecule has 0 saturated heterocycles. The number of benzene rings is 1. The lowest BCUT2D eigenvalue weighted by Crippen LogP contribution is -2.44. The zero-order valence-electron chi connectivity index (χ0n) is 14.3. The van der Waals surface area contributed by atoms with Gasteiger partial charge < -0.3 is 24.6 Å². The van der Waals surface area contributed by atoms with Crippen molar-refractivity contribution in [3.05, 3.63) is 36.0 Å². The first-order valence-electron chi connectivity index (χ1n) is 8.34. The Morgan fingerprint density at radius 2 is 2.08 bits per heavy atom. The van der Waals surface area contributed by atoms with Gasteiger partial charge in [-0.3, -0.25) is 0 Å². The topological polar surface area (TPSA) is 98.5 Å². The summed E-state index contributed by atoms with van der Waals surface area (Å²) in [6, 6.07) is 7.20. The monoisotopic (exact) mass is 346 g/mol. The molecule has 0 radical (unpaired) electrons. The van der Waals surface area contributed by atoms with E-state index in [0.29, 0.717) is 43.6 Å². The molecule has 2 heterocycles. The van der Waals surface area contributed by atoms with Crippen molar-refractivity contribution < 1.29 is 18.8 Å². The third-order valence-corrected chi connectivity index (χ3v) is 3.68. The number of para-hydroxylation sites is 2. The summed E-state index contributed by atoms with van der Waals surface area (Å²) in [6.07, 6.45) is 0.272. The number of fused-ring (bicyclic) bond motifs is 1. The second kappa shape index (κ2) is 7.87. The van der Waals surface area contributed by atoms with E-state index in [-0.39, 0.29) is 18.1 Å². The third kappa shape index (κ3) is 4.62. The summed E-state index contributed by atoms with van der Waals surface area (Å²) in [5, 5.41) is 9.41. The average molecular weight is 346 g/mol. The Bertz CT molecular complexity index is 716. The van der Waals surface area contributed by atoms with E-state index < -0.39 is 0 Å². The molecule has 1 aliphatic rings. The smallest absolute Gasteiger partial charge is 0.314 e. The van der Waals surface area contributed by atoms with Crippen LogP contribution >= 0.6 is 0 Å². The SMILES string of the molecule is CC(C)c1noc(CCNC(=O)NC[C@@H]2COc3ccccc3O2)n1. The van der Waals surface area contributed by atoms with Gasteiger partial charge in [0.2, 0.25) is 5.89 Å². The van der Waals surface area contributed by atoms with Gasteiger partial charge in [0.05, 0.1) is 6.54 Å². The molecule has 2 N–H and O–H groups in total. The van der Waals surface area contributed by atoms with E-state index in [9.17, 15) is 4.79 Å². The van der Waals surface area contributed by atoms with Crippen LogP contribution in [-0.2, 0) is 6.42 Å². The second-order valence-electron chi connectivity index (χ2n) is 6.09. The van der Waals surface area contributed by atoms with Crippen LogP contribution in [0.15, 0.2) is 28.8 Å². The Hall–Kier alpha value is -2.77. The van der Waals surface area contributed by atoms with Gasteiger partial charge in [0.25, 0.3) is 0 Å². The Morgan fingerprint density at radius 3 is 2.84 bits per heavy atom. The predicted octanol–water partition coefficient (Wildman–Crippen LogP) is 1.87. The molecule has 134 valence electrons. The summed E-state index contributed by atoms with van der Waals surface area (Å²) in [4.78, 5) is 16.1. The Balaban J connectivity index is 1.36. The maximum absolute atomic E-state index is 11.8. The minimum absolute atomic E-state index is 0.217. The number of carbonyl (C=O) groups excluding carboxylic acids is 1. The highest BCUT2D eigenvalue weighted by Crippen LogP contribution is 2.30. The quantitative estimate of drug-likeness (QED) is 0.828. The number of ether oxygens (including phenoxy) is 2. The molecular formula is C17H22N4O4. The number of aromatic nitrogens is 2. The van der Waals surface area contributed by atoms with Crippen LogP contribution in [0.1, 0.15) is 31.5 Å². The Morgan fingerprint density at radius 1 is 1.28 bits per heavy atom. The van der Waals surface area contributed by atoms with E-state index in [1.54, 1.807) is 0 Å². The average Bonchev–Trinajstić information content (AvgIpc) is 3.09. The molecule has 0 unspecified atom stereocenters. The first-order chi connectivity index (χ1) is 12.1. The summed E-state index contributed by atoms with van der Waals surface area (Å²) in [6.45, 7) is 5.16. The van der Waals surface area contributed by atoms with Crippen molar-refractivity contribution in [2.75, 3.05) is 19.7 Å². The van der Waals surface area contributed by atoms with E-state index in [0.717, 1.165) is 5.75 Å². The number of rotatable bonds is 6. The van der Waals surface area contributed by atoms with Crippen molar-refractivity contribution in [1.29, 1.82) is 0 Å². The predicted molar refractivity (Wildman–Crippen MR) is 89.8 cm³/mol. The van der Waals surface area contributed by atoms with E-state index >= 15 is 0 Å². The molecule has 8 nitrogen and oxygen atoms in total. The van der Waals surface area contributed by atoms with E-state index in [4.69, 9.17) is 14.0 Å². The lowest BCUT2D eigenvalue weighted by atomic mass is 10.2. The number of hydrogen-bond acceptors (Lipinski definition) is 6. The molecule has 0 spiro atoms. The minimum atomic E-state index is -0.272. The van der Waals surface area contributed by atoms with Crippen LogP contribution in [0.5, 0.6) is 11.5 Å². The Labute approximate surface area is 145 Å². The normalized spacial score (nSPS) is 15.9. The van der Waals surface area contributed by atoms with Crippen LogP contribution in [0.2, 0.25) is 0 Å². The van der Waals surface area contributed by atoms with Gasteiger partial charge in [-0.25, -0.2) is 4.79 Å². The van der Waals surface area contributed by atoms with Crippen LogP contribution in [0.25, 0.3) is 0 Å². The molecule has 2 amide bonds. The van der Waals surface area contributed by atoms with E-state index in [1.807, 2.05) is 38.1 Å². The number of carbonyl (C=O) groups is 1. The molecule has 0 aliphatic carbocycles.